The van der Waals surface area contributed by atoms with Crippen LogP contribution in [0.4, 0.5) is 0 Å². The Hall–Kier alpha value is -1.36. The molecule has 0 radical (unpaired) electrons. The second-order valence-electron chi connectivity index (χ2n) is 5.55. The first-order valence-corrected chi connectivity index (χ1v) is 7.12. The number of carboxylic acids is 1. The van der Waals surface area contributed by atoms with Gasteiger partial charge in [0.25, 0.3) is 0 Å². The Bertz CT molecular complexity index is 432. The van der Waals surface area contributed by atoms with Crippen molar-refractivity contribution >= 4 is 5.97 Å². The van der Waals surface area contributed by atoms with Gasteiger partial charge in [0, 0.05) is 12.6 Å². The third-order valence-electron chi connectivity index (χ3n) is 3.61. The van der Waals surface area contributed by atoms with Gasteiger partial charge in [-0.3, -0.25) is 9.58 Å². The van der Waals surface area contributed by atoms with Crippen molar-refractivity contribution in [3.8, 4) is 0 Å². The summed E-state index contributed by atoms with van der Waals surface area (Å²) in [6.45, 7) is 7.07. The monoisotopic (exact) mass is 265 g/mol. The molecule has 0 aliphatic carbocycles. The van der Waals surface area contributed by atoms with E-state index in [9.17, 15) is 4.79 Å². The van der Waals surface area contributed by atoms with E-state index < -0.39 is 5.97 Å². The van der Waals surface area contributed by atoms with Gasteiger partial charge in [-0.15, -0.1) is 0 Å². The molecule has 0 atom stereocenters. The van der Waals surface area contributed by atoms with E-state index in [0.717, 1.165) is 25.3 Å². The Morgan fingerprint density at radius 3 is 2.47 bits per heavy atom. The molecule has 1 aromatic rings. The summed E-state index contributed by atoms with van der Waals surface area (Å²) in [6.07, 6.45) is 5.09. The molecule has 106 valence electrons. The first kappa shape index (κ1) is 14.1. The fourth-order valence-corrected chi connectivity index (χ4v) is 2.63. The van der Waals surface area contributed by atoms with Gasteiger partial charge in [0.2, 0.25) is 0 Å². The Balaban J connectivity index is 2.15. The molecular formula is C14H23N3O2. The zero-order chi connectivity index (χ0) is 13.8. The van der Waals surface area contributed by atoms with E-state index in [1.807, 2.05) is 18.5 Å². The van der Waals surface area contributed by atoms with Crippen LogP contribution in [0, 0.1) is 0 Å². The number of hydrogen-bond donors (Lipinski definition) is 1. The zero-order valence-corrected chi connectivity index (χ0v) is 11.8. The minimum absolute atomic E-state index is 0.151. The molecule has 1 N–H and O–H groups in total. The van der Waals surface area contributed by atoms with Gasteiger partial charge in [-0.25, -0.2) is 4.79 Å². The van der Waals surface area contributed by atoms with E-state index in [1.165, 1.54) is 25.7 Å². The number of carboxylic acid groups (broad SMARTS) is 1. The normalized spacial score (nSPS) is 17.6. The van der Waals surface area contributed by atoms with Crippen LogP contribution in [0.3, 0.4) is 0 Å². The average molecular weight is 265 g/mol. The van der Waals surface area contributed by atoms with Crippen molar-refractivity contribution in [1.82, 2.24) is 14.7 Å². The van der Waals surface area contributed by atoms with Gasteiger partial charge in [-0.1, -0.05) is 12.8 Å². The lowest BCUT2D eigenvalue weighted by molar-refractivity contribution is 0.0689. The van der Waals surface area contributed by atoms with Crippen LogP contribution >= 0.6 is 0 Å². The molecular weight excluding hydrogens is 242 g/mol. The molecule has 0 aromatic carbocycles. The van der Waals surface area contributed by atoms with E-state index in [4.69, 9.17) is 5.11 Å². The third kappa shape index (κ3) is 3.56. The largest absolute Gasteiger partial charge is 0.476 e. The first-order valence-electron chi connectivity index (χ1n) is 7.12. The Morgan fingerprint density at radius 2 is 1.95 bits per heavy atom. The molecule has 0 spiro atoms. The predicted molar refractivity (Wildman–Crippen MR) is 73.3 cm³/mol. The third-order valence-corrected chi connectivity index (χ3v) is 3.61. The van der Waals surface area contributed by atoms with Gasteiger partial charge in [0.15, 0.2) is 5.69 Å². The number of aromatic nitrogens is 2. The lowest BCUT2D eigenvalue weighted by atomic mass is 10.2. The molecule has 0 unspecified atom stereocenters. The first-order chi connectivity index (χ1) is 9.08. The van der Waals surface area contributed by atoms with Crippen LogP contribution in [0.5, 0.6) is 0 Å². The molecule has 1 aliphatic heterocycles. The minimum atomic E-state index is -0.948. The summed E-state index contributed by atoms with van der Waals surface area (Å²) in [7, 11) is 0. The molecule has 2 rings (SSSR count). The van der Waals surface area contributed by atoms with E-state index >= 15 is 0 Å². The van der Waals surface area contributed by atoms with E-state index in [2.05, 4.69) is 10.00 Å². The Morgan fingerprint density at radius 1 is 1.32 bits per heavy atom. The lowest BCUT2D eigenvalue weighted by Gasteiger charge is -2.21. The van der Waals surface area contributed by atoms with Gasteiger partial charge >= 0.3 is 5.97 Å². The van der Waals surface area contributed by atoms with Crippen molar-refractivity contribution in [3.05, 3.63) is 17.5 Å². The van der Waals surface area contributed by atoms with E-state index in [-0.39, 0.29) is 11.7 Å². The zero-order valence-electron chi connectivity index (χ0n) is 11.8. The molecule has 1 fully saturated rings. The molecule has 2 heterocycles. The second-order valence-corrected chi connectivity index (χ2v) is 5.55. The number of hydrogen-bond acceptors (Lipinski definition) is 3. The number of aromatic carboxylic acids is 1. The summed E-state index contributed by atoms with van der Waals surface area (Å²) in [4.78, 5) is 13.5. The minimum Gasteiger partial charge on any atom is -0.476 e. The highest BCUT2D eigenvalue weighted by Crippen LogP contribution is 2.17. The maximum Gasteiger partial charge on any atom is 0.356 e. The standard InChI is InChI=1S/C14H23N3O2/c1-11(2)17-12(9-13(15-17)14(18)19)10-16-7-5-3-4-6-8-16/h9,11H,3-8,10H2,1-2H3,(H,18,19). The van der Waals surface area contributed by atoms with Crippen molar-refractivity contribution in [2.75, 3.05) is 13.1 Å². The second kappa shape index (κ2) is 6.19. The van der Waals surface area contributed by atoms with Crippen molar-refractivity contribution < 1.29 is 9.90 Å². The molecule has 1 saturated heterocycles. The number of carbonyl (C=O) groups is 1. The van der Waals surface area contributed by atoms with Crippen LogP contribution in [0.15, 0.2) is 6.07 Å². The van der Waals surface area contributed by atoms with Gasteiger partial charge in [-0.05, 0) is 45.8 Å². The maximum atomic E-state index is 11.0. The van der Waals surface area contributed by atoms with Crippen LogP contribution in [0.2, 0.25) is 0 Å². The fourth-order valence-electron chi connectivity index (χ4n) is 2.63. The lowest BCUT2D eigenvalue weighted by Crippen LogP contribution is -2.25. The summed E-state index contributed by atoms with van der Waals surface area (Å²) in [5.41, 5.74) is 1.16. The summed E-state index contributed by atoms with van der Waals surface area (Å²) >= 11 is 0. The highest BCUT2D eigenvalue weighted by atomic mass is 16.4. The summed E-state index contributed by atoms with van der Waals surface area (Å²) in [6, 6.07) is 1.91. The number of likely N-dealkylation sites (tertiary alicyclic amines) is 1. The average Bonchev–Trinajstić information content (AvgIpc) is 2.60. The maximum absolute atomic E-state index is 11.0. The summed E-state index contributed by atoms with van der Waals surface area (Å²) < 4.78 is 1.84. The van der Waals surface area contributed by atoms with Crippen molar-refractivity contribution in [2.24, 2.45) is 0 Å². The molecule has 0 saturated carbocycles. The molecule has 19 heavy (non-hydrogen) atoms. The van der Waals surface area contributed by atoms with Gasteiger partial charge in [0.1, 0.15) is 0 Å². The fraction of sp³-hybridized carbons (Fsp3) is 0.714. The molecule has 1 aromatic heterocycles. The van der Waals surface area contributed by atoms with Gasteiger partial charge in [-0.2, -0.15) is 5.10 Å². The SMILES string of the molecule is CC(C)n1nc(C(=O)O)cc1CN1CCCCCC1. The smallest absolute Gasteiger partial charge is 0.356 e. The van der Waals surface area contributed by atoms with Gasteiger partial charge in [0.05, 0.1) is 5.69 Å². The van der Waals surface area contributed by atoms with Crippen molar-refractivity contribution in [1.29, 1.82) is 0 Å². The van der Waals surface area contributed by atoms with Gasteiger partial charge < -0.3 is 5.11 Å². The van der Waals surface area contributed by atoms with Crippen LogP contribution in [0.1, 0.15) is 61.8 Å². The molecule has 5 heteroatoms. The Labute approximate surface area is 114 Å². The number of nitrogens with zero attached hydrogens (tertiary/aromatic N) is 3. The van der Waals surface area contributed by atoms with Crippen LogP contribution < -0.4 is 0 Å². The van der Waals surface area contributed by atoms with Crippen LogP contribution in [-0.4, -0.2) is 38.8 Å². The van der Waals surface area contributed by atoms with Crippen LogP contribution in [0.25, 0.3) is 0 Å². The molecule has 1 aliphatic rings. The van der Waals surface area contributed by atoms with Crippen LogP contribution in [-0.2, 0) is 6.54 Å². The number of rotatable bonds is 4. The van der Waals surface area contributed by atoms with Crippen molar-refractivity contribution in [3.63, 3.8) is 0 Å². The Kier molecular flexibility index (Phi) is 4.58. The molecule has 5 nitrogen and oxygen atoms in total. The molecule has 0 amide bonds. The van der Waals surface area contributed by atoms with E-state index in [1.54, 1.807) is 6.07 Å². The predicted octanol–water partition coefficient (Wildman–Crippen LogP) is 2.54. The quantitative estimate of drug-likeness (QED) is 0.909. The summed E-state index contributed by atoms with van der Waals surface area (Å²) in [5.74, 6) is -0.948. The van der Waals surface area contributed by atoms with Crippen molar-refractivity contribution in [2.45, 2.75) is 52.1 Å². The summed E-state index contributed by atoms with van der Waals surface area (Å²) in [5, 5.41) is 13.3. The highest BCUT2D eigenvalue weighted by Gasteiger charge is 2.18. The topological polar surface area (TPSA) is 58.4 Å². The van der Waals surface area contributed by atoms with E-state index in [0.29, 0.717) is 0 Å². The molecule has 0 bridgehead atoms. The highest BCUT2D eigenvalue weighted by molar-refractivity contribution is 5.85.